The summed E-state index contributed by atoms with van der Waals surface area (Å²) < 4.78 is 5.26. The molecule has 2 aromatic heterocycles. The number of carboxylic acids is 1. The van der Waals surface area contributed by atoms with Crippen molar-refractivity contribution in [2.75, 3.05) is 31.1 Å². The SMILES string of the molecule is CC(=O)Oc1cc(CC(=O)O)c2c(C(=O)N3CCN(c4cccc(C)n4)CC3)c3ccccc3nc2c1. The van der Waals surface area contributed by atoms with Crippen molar-refractivity contribution < 1.29 is 24.2 Å². The monoisotopic (exact) mass is 498 g/mol. The van der Waals surface area contributed by atoms with Crippen molar-refractivity contribution in [3.8, 4) is 5.75 Å². The lowest BCUT2D eigenvalue weighted by Gasteiger charge is -2.36. The maximum Gasteiger partial charge on any atom is 0.308 e. The number of nitrogens with zero attached hydrogens (tertiary/aromatic N) is 4. The molecule has 2 aromatic carbocycles. The number of carbonyl (C=O) groups is 3. The van der Waals surface area contributed by atoms with Crippen LogP contribution in [0.3, 0.4) is 0 Å². The molecule has 9 nitrogen and oxygen atoms in total. The van der Waals surface area contributed by atoms with Crippen LogP contribution in [-0.2, 0) is 16.0 Å². The summed E-state index contributed by atoms with van der Waals surface area (Å²) in [6.45, 7) is 5.46. The van der Waals surface area contributed by atoms with E-state index in [2.05, 4.69) is 9.88 Å². The van der Waals surface area contributed by atoms with Gasteiger partial charge < -0.3 is 19.6 Å². The number of rotatable bonds is 5. The van der Waals surface area contributed by atoms with Crippen LogP contribution < -0.4 is 9.64 Å². The number of carbonyl (C=O) groups excluding carboxylic acids is 2. The molecule has 1 aliphatic heterocycles. The van der Waals surface area contributed by atoms with Gasteiger partial charge in [-0.3, -0.25) is 14.4 Å². The van der Waals surface area contributed by atoms with Gasteiger partial charge in [-0.25, -0.2) is 9.97 Å². The standard InChI is InChI=1S/C28H26N4O5/c1-17-6-5-9-24(29-17)31-10-12-32(13-11-31)28(36)27-21-7-3-4-8-22(21)30-23-16-20(37-18(2)33)14-19(26(23)27)15-25(34)35/h3-9,14,16H,10-13,15H2,1-2H3,(H,34,35). The van der Waals surface area contributed by atoms with Gasteiger partial charge in [0.2, 0.25) is 0 Å². The first-order valence-electron chi connectivity index (χ1n) is 12.0. The van der Waals surface area contributed by atoms with E-state index in [1.165, 1.54) is 13.0 Å². The highest BCUT2D eigenvalue weighted by atomic mass is 16.5. The van der Waals surface area contributed by atoms with Crippen molar-refractivity contribution in [1.29, 1.82) is 0 Å². The number of hydrogen-bond donors (Lipinski definition) is 1. The van der Waals surface area contributed by atoms with E-state index in [-0.39, 0.29) is 18.1 Å². The Kier molecular flexibility index (Phi) is 6.43. The van der Waals surface area contributed by atoms with E-state index in [1.807, 2.05) is 49.4 Å². The van der Waals surface area contributed by atoms with Gasteiger partial charge in [0, 0.05) is 55.6 Å². The van der Waals surface area contributed by atoms with Gasteiger partial charge in [0.05, 0.1) is 23.0 Å². The molecule has 1 amide bonds. The number of piperazine rings is 1. The molecule has 1 fully saturated rings. The van der Waals surface area contributed by atoms with Crippen LogP contribution >= 0.6 is 0 Å². The van der Waals surface area contributed by atoms with Crippen molar-refractivity contribution in [2.24, 2.45) is 0 Å². The van der Waals surface area contributed by atoms with Gasteiger partial charge in [-0.05, 0) is 36.8 Å². The zero-order valence-electron chi connectivity index (χ0n) is 20.6. The summed E-state index contributed by atoms with van der Waals surface area (Å²) in [6.07, 6.45) is -0.349. The van der Waals surface area contributed by atoms with E-state index in [1.54, 1.807) is 11.0 Å². The third-order valence-electron chi connectivity index (χ3n) is 6.42. The van der Waals surface area contributed by atoms with Crippen molar-refractivity contribution >= 4 is 45.5 Å². The van der Waals surface area contributed by atoms with E-state index < -0.39 is 11.9 Å². The number of pyridine rings is 2. The number of aryl methyl sites for hydroxylation is 1. The van der Waals surface area contributed by atoms with Crippen LogP contribution in [0.5, 0.6) is 5.75 Å². The average Bonchev–Trinajstić information content (AvgIpc) is 2.86. The van der Waals surface area contributed by atoms with Crippen LogP contribution in [0.25, 0.3) is 21.8 Å². The fourth-order valence-electron chi connectivity index (χ4n) is 4.83. The Morgan fingerprint density at radius 1 is 0.946 bits per heavy atom. The second-order valence-electron chi connectivity index (χ2n) is 9.06. The molecule has 1 saturated heterocycles. The van der Waals surface area contributed by atoms with Gasteiger partial charge in [-0.15, -0.1) is 0 Å². The lowest BCUT2D eigenvalue weighted by molar-refractivity contribution is -0.136. The molecule has 37 heavy (non-hydrogen) atoms. The number of aliphatic carboxylic acids is 1. The zero-order chi connectivity index (χ0) is 26.1. The number of benzene rings is 2. The van der Waals surface area contributed by atoms with Crippen LogP contribution in [0.2, 0.25) is 0 Å². The fraction of sp³-hybridized carbons (Fsp3) is 0.250. The van der Waals surface area contributed by atoms with E-state index in [4.69, 9.17) is 9.72 Å². The maximum absolute atomic E-state index is 14.1. The fourth-order valence-corrected chi connectivity index (χ4v) is 4.83. The summed E-state index contributed by atoms with van der Waals surface area (Å²) in [5.41, 5.74) is 2.71. The minimum absolute atomic E-state index is 0.188. The summed E-state index contributed by atoms with van der Waals surface area (Å²) in [7, 11) is 0. The maximum atomic E-state index is 14.1. The first-order valence-corrected chi connectivity index (χ1v) is 12.0. The molecule has 0 unspecified atom stereocenters. The normalized spacial score (nSPS) is 13.7. The first-order chi connectivity index (χ1) is 17.8. The Morgan fingerprint density at radius 2 is 1.70 bits per heavy atom. The molecule has 3 heterocycles. The van der Waals surface area contributed by atoms with E-state index >= 15 is 0 Å². The van der Waals surface area contributed by atoms with Gasteiger partial charge >= 0.3 is 11.9 Å². The molecule has 1 N–H and O–H groups in total. The molecule has 4 aromatic rings. The number of para-hydroxylation sites is 1. The molecular formula is C28H26N4O5. The number of aromatic nitrogens is 2. The molecule has 0 atom stereocenters. The lowest BCUT2D eigenvalue weighted by Crippen LogP contribution is -2.49. The average molecular weight is 499 g/mol. The molecular weight excluding hydrogens is 472 g/mol. The summed E-state index contributed by atoms with van der Waals surface area (Å²) >= 11 is 0. The Balaban J connectivity index is 1.59. The number of ether oxygens (including phenoxy) is 1. The lowest BCUT2D eigenvalue weighted by atomic mass is 9.95. The second-order valence-corrected chi connectivity index (χ2v) is 9.06. The predicted molar refractivity (Wildman–Crippen MR) is 139 cm³/mol. The van der Waals surface area contributed by atoms with Gasteiger partial charge in [0.15, 0.2) is 0 Å². The van der Waals surface area contributed by atoms with Gasteiger partial charge in [-0.2, -0.15) is 0 Å². The summed E-state index contributed by atoms with van der Waals surface area (Å²) in [6, 6.07) is 16.3. The summed E-state index contributed by atoms with van der Waals surface area (Å²) in [5.74, 6) is -0.705. The number of fused-ring (bicyclic) bond motifs is 2. The molecule has 0 bridgehead atoms. The van der Waals surface area contributed by atoms with E-state index in [0.29, 0.717) is 59.1 Å². The van der Waals surface area contributed by atoms with Crippen LogP contribution in [0.15, 0.2) is 54.6 Å². The number of hydrogen-bond acceptors (Lipinski definition) is 7. The molecule has 0 spiro atoms. The number of esters is 1. The highest BCUT2D eigenvalue weighted by molar-refractivity contribution is 6.17. The summed E-state index contributed by atoms with van der Waals surface area (Å²) in [4.78, 5) is 50.6. The third kappa shape index (κ3) is 4.93. The quantitative estimate of drug-likeness (QED) is 0.252. The van der Waals surface area contributed by atoms with Crippen molar-refractivity contribution in [1.82, 2.24) is 14.9 Å². The highest BCUT2D eigenvalue weighted by Gasteiger charge is 2.28. The summed E-state index contributed by atoms with van der Waals surface area (Å²) in [5, 5.41) is 10.7. The van der Waals surface area contributed by atoms with Gasteiger partial charge in [-0.1, -0.05) is 24.3 Å². The minimum atomic E-state index is -1.06. The van der Waals surface area contributed by atoms with Crippen LogP contribution in [0, 0.1) is 6.92 Å². The van der Waals surface area contributed by atoms with Gasteiger partial charge in [0.1, 0.15) is 11.6 Å². The van der Waals surface area contributed by atoms with E-state index in [0.717, 1.165) is 11.5 Å². The number of amides is 1. The number of carboxylic acid groups (broad SMARTS) is 1. The van der Waals surface area contributed by atoms with Gasteiger partial charge in [0.25, 0.3) is 5.91 Å². The van der Waals surface area contributed by atoms with Crippen LogP contribution in [0.1, 0.15) is 28.5 Å². The predicted octanol–water partition coefficient (Wildman–Crippen LogP) is 3.61. The third-order valence-corrected chi connectivity index (χ3v) is 6.42. The van der Waals surface area contributed by atoms with Crippen molar-refractivity contribution in [2.45, 2.75) is 20.3 Å². The molecule has 0 radical (unpaired) electrons. The Labute approximate surface area is 213 Å². The highest BCUT2D eigenvalue weighted by Crippen LogP contribution is 2.33. The Hall–Kier alpha value is -4.53. The molecule has 1 aliphatic rings. The molecule has 5 rings (SSSR count). The topological polar surface area (TPSA) is 113 Å². The van der Waals surface area contributed by atoms with Crippen molar-refractivity contribution in [3.63, 3.8) is 0 Å². The second kappa shape index (κ2) is 9.85. The molecule has 0 aliphatic carbocycles. The zero-order valence-corrected chi connectivity index (χ0v) is 20.6. The minimum Gasteiger partial charge on any atom is -0.481 e. The Morgan fingerprint density at radius 3 is 2.41 bits per heavy atom. The van der Waals surface area contributed by atoms with Crippen LogP contribution in [0.4, 0.5) is 5.82 Å². The van der Waals surface area contributed by atoms with E-state index in [9.17, 15) is 19.5 Å². The molecule has 0 saturated carbocycles. The number of anilines is 1. The first kappa shape index (κ1) is 24.2. The molecule has 9 heteroatoms. The van der Waals surface area contributed by atoms with Crippen molar-refractivity contribution in [3.05, 3.63) is 71.4 Å². The smallest absolute Gasteiger partial charge is 0.308 e. The largest absolute Gasteiger partial charge is 0.481 e. The van der Waals surface area contributed by atoms with Crippen LogP contribution in [-0.4, -0.2) is 64.0 Å². The Bertz CT molecular complexity index is 1540. The molecule has 188 valence electrons.